The van der Waals surface area contributed by atoms with E-state index in [4.69, 9.17) is 13.8 Å². The molecule has 0 aromatic heterocycles. The molecule has 0 bridgehead atoms. The van der Waals surface area contributed by atoms with Gasteiger partial charge < -0.3 is 19.4 Å². The third-order valence-corrected chi connectivity index (χ3v) is 14.5. The van der Waals surface area contributed by atoms with Crippen LogP contribution in [-0.4, -0.2) is 74.3 Å². The summed E-state index contributed by atoms with van der Waals surface area (Å²) in [6.07, 6.45) is 54.8. The number of nitrogens with one attached hydrogen (secondary N) is 1. The zero-order chi connectivity index (χ0) is 50.1. The van der Waals surface area contributed by atoms with Crippen LogP contribution in [0.2, 0.25) is 0 Å². The summed E-state index contributed by atoms with van der Waals surface area (Å²) in [6.45, 7) is 7.05. The van der Waals surface area contributed by atoms with E-state index in [1.165, 1.54) is 205 Å². The Morgan fingerprint density at radius 3 is 1.21 bits per heavy atom. The van der Waals surface area contributed by atoms with E-state index >= 15 is 0 Å². The molecule has 10 heteroatoms. The van der Waals surface area contributed by atoms with Gasteiger partial charge in [-0.3, -0.25) is 18.6 Å². The van der Waals surface area contributed by atoms with Crippen molar-refractivity contribution in [3.05, 3.63) is 12.2 Å². The third-order valence-electron chi connectivity index (χ3n) is 13.5. The first-order valence-electron chi connectivity index (χ1n) is 29.5. The van der Waals surface area contributed by atoms with Gasteiger partial charge in [0.1, 0.15) is 19.3 Å². The molecule has 0 rings (SSSR count). The molecule has 0 saturated heterocycles. The maximum absolute atomic E-state index is 13.5. The van der Waals surface area contributed by atoms with Gasteiger partial charge in [-0.05, 0) is 31.8 Å². The Labute approximate surface area is 422 Å². The fraction of sp³-hybridized carbons (Fsp3) is 0.931. The number of likely N-dealkylation sites (N-methyl/N-ethyl adjacent to an activating group) is 1. The minimum Gasteiger partial charge on any atom is -0.456 e. The molecular formula is C58H116N2O7P+. The van der Waals surface area contributed by atoms with Crippen molar-refractivity contribution >= 4 is 19.7 Å². The number of ether oxygens (including phenoxy) is 1. The van der Waals surface area contributed by atoms with Crippen molar-refractivity contribution in [1.29, 1.82) is 0 Å². The van der Waals surface area contributed by atoms with Gasteiger partial charge in [0.2, 0.25) is 5.91 Å². The van der Waals surface area contributed by atoms with Gasteiger partial charge in [0, 0.05) is 12.8 Å². The number of phosphoric acid groups is 1. The Balaban J connectivity index is 5.28. The number of unbranched alkanes of at least 4 members (excludes halogenated alkanes) is 38. The van der Waals surface area contributed by atoms with Crippen LogP contribution in [0.15, 0.2) is 12.2 Å². The lowest BCUT2D eigenvalue weighted by Gasteiger charge is -2.27. The van der Waals surface area contributed by atoms with Crippen LogP contribution in [0.25, 0.3) is 0 Å². The van der Waals surface area contributed by atoms with Gasteiger partial charge in [-0.15, -0.1) is 0 Å². The smallest absolute Gasteiger partial charge is 0.456 e. The number of phosphoric ester groups is 1. The Morgan fingerprint density at radius 2 is 0.838 bits per heavy atom. The van der Waals surface area contributed by atoms with Crippen LogP contribution in [0.5, 0.6) is 0 Å². The topological polar surface area (TPSA) is 111 Å². The van der Waals surface area contributed by atoms with Gasteiger partial charge >= 0.3 is 13.8 Å². The van der Waals surface area contributed by atoms with Crippen molar-refractivity contribution in [2.75, 3.05) is 40.9 Å². The average molecular weight is 985 g/mol. The molecule has 9 nitrogen and oxygen atoms in total. The molecule has 1 amide bonds. The second-order valence-electron chi connectivity index (χ2n) is 21.5. The third kappa shape index (κ3) is 49.7. The highest BCUT2D eigenvalue weighted by Crippen LogP contribution is 2.43. The van der Waals surface area contributed by atoms with Crippen molar-refractivity contribution in [3.8, 4) is 0 Å². The summed E-state index contributed by atoms with van der Waals surface area (Å²) >= 11 is 0. The maximum Gasteiger partial charge on any atom is 0.472 e. The molecule has 68 heavy (non-hydrogen) atoms. The molecule has 0 aliphatic carbocycles. The van der Waals surface area contributed by atoms with Crippen LogP contribution in [-0.2, 0) is 27.9 Å². The lowest BCUT2D eigenvalue weighted by molar-refractivity contribution is -0.870. The molecule has 404 valence electrons. The van der Waals surface area contributed by atoms with E-state index in [0.29, 0.717) is 23.9 Å². The molecule has 0 aromatic rings. The molecule has 0 spiro atoms. The normalized spacial score (nSPS) is 13.8. The van der Waals surface area contributed by atoms with E-state index in [2.05, 4.69) is 26.1 Å². The first-order chi connectivity index (χ1) is 32.9. The van der Waals surface area contributed by atoms with Crippen molar-refractivity contribution in [2.45, 2.75) is 309 Å². The number of hydrogen-bond acceptors (Lipinski definition) is 6. The largest absolute Gasteiger partial charge is 0.472 e. The van der Waals surface area contributed by atoms with Crippen LogP contribution in [0, 0.1) is 0 Å². The van der Waals surface area contributed by atoms with Crippen molar-refractivity contribution in [1.82, 2.24) is 5.32 Å². The number of allylic oxidation sites excluding steroid dienone is 1. The van der Waals surface area contributed by atoms with E-state index in [0.717, 1.165) is 57.8 Å². The summed E-state index contributed by atoms with van der Waals surface area (Å²) < 4.78 is 30.6. The number of quaternary nitrogens is 1. The number of nitrogens with zero attached hydrogens (tertiary/aromatic N) is 1. The predicted octanol–water partition coefficient (Wildman–Crippen LogP) is 17.6. The van der Waals surface area contributed by atoms with E-state index in [1.807, 2.05) is 33.3 Å². The molecular weight excluding hydrogens is 868 g/mol. The van der Waals surface area contributed by atoms with Crippen LogP contribution in [0.1, 0.15) is 297 Å². The summed E-state index contributed by atoms with van der Waals surface area (Å²) in [5.74, 6) is -0.486. The molecule has 0 fully saturated rings. The Hall–Kier alpha value is -1.25. The monoisotopic (exact) mass is 984 g/mol. The van der Waals surface area contributed by atoms with Gasteiger partial charge in [0.05, 0.1) is 33.8 Å². The highest BCUT2D eigenvalue weighted by atomic mass is 31.2. The van der Waals surface area contributed by atoms with Crippen LogP contribution in [0.3, 0.4) is 0 Å². The van der Waals surface area contributed by atoms with Gasteiger partial charge in [-0.1, -0.05) is 264 Å². The first kappa shape index (κ1) is 66.8. The number of esters is 1. The molecule has 0 saturated carbocycles. The SMILES string of the molecule is CCCCCCCCCCCC/C=C/C(OC(=O)CCCCCCCCCCCCCCCC)C(COP(=O)(O)OCC[N+](C)(C)C)NC(=O)CCCCCCCCCCCCCCCCCC. The lowest BCUT2D eigenvalue weighted by atomic mass is 10.0. The predicted molar refractivity (Wildman–Crippen MR) is 291 cm³/mol. The molecule has 3 unspecified atom stereocenters. The van der Waals surface area contributed by atoms with Crippen molar-refractivity contribution in [3.63, 3.8) is 0 Å². The molecule has 0 aliphatic heterocycles. The standard InChI is InChI=1S/C58H115N2O7P/c1-7-10-13-16-19-22-25-28-30-31-32-35-38-41-44-47-50-57(61)59-55(54-66-68(63,64)65-53-52-60(4,5)6)56(49-46-43-40-37-34-27-24-21-18-15-12-9-3)67-58(62)51-48-45-42-39-36-33-29-26-23-20-17-14-11-8-2/h46,49,55-56H,7-45,47-48,50-54H2,1-6H3,(H-,59,61,63,64)/p+1/b49-46+. The van der Waals surface area contributed by atoms with Crippen molar-refractivity contribution in [2.24, 2.45) is 0 Å². The fourth-order valence-corrected chi connectivity index (χ4v) is 9.62. The Morgan fingerprint density at radius 1 is 0.500 bits per heavy atom. The van der Waals surface area contributed by atoms with E-state index < -0.39 is 20.0 Å². The zero-order valence-electron chi connectivity index (χ0n) is 46.1. The molecule has 0 heterocycles. The number of rotatable bonds is 54. The quantitative estimate of drug-likeness (QED) is 0.0205. The van der Waals surface area contributed by atoms with E-state index in [-0.39, 0.29) is 25.1 Å². The van der Waals surface area contributed by atoms with Gasteiger partial charge in [0.15, 0.2) is 0 Å². The molecule has 3 atom stereocenters. The van der Waals surface area contributed by atoms with E-state index in [9.17, 15) is 19.0 Å². The number of hydrogen-bond donors (Lipinski definition) is 2. The highest BCUT2D eigenvalue weighted by molar-refractivity contribution is 7.47. The van der Waals surface area contributed by atoms with Gasteiger partial charge in [0.25, 0.3) is 0 Å². The zero-order valence-corrected chi connectivity index (χ0v) is 47.0. The Kier molecular flexibility index (Phi) is 48.4. The molecule has 0 aromatic carbocycles. The lowest BCUT2D eigenvalue weighted by Crippen LogP contribution is -2.47. The van der Waals surface area contributed by atoms with Crippen LogP contribution >= 0.6 is 7.82 Å². The van der Waals surface area contributed by atoms with Crippen LogP contribution < -0.4 is 5.32 Å². The maximum atomic E-state index is 13.5. The summed E-state index contributed by atoms with van der Waals surface area (Å²) in [5.41, 5.74) is 0. The highest BCUT2D eigenvalue weighted by Gasteiger charge is 2.30. The average Bonchev–Trinajstić information content (AvgIpc) is 3.29. The minimum atomic E-state index is -4.43. The number of carbonyl (C=O) groups is 2. The van der Waals surface area contributed by atoms with Crippen molar-refractivity contribution < 1.29 is 37.3 Å². The van der Waals surface area contributed by atoms with Gasteiger partial charge in [-0.2, -0.15) is 0 Å². The minimum absolute atomic E-state index is 0.0456. The number of carbonyl (C=O) groups excluding carboxylic acids is 2. The van der Waals surface area contributed by atoms with E-state index in [1.54, 1.807) is 0 Å². The Bertz CT molecular complexity index is 1180. The van der Waals surface area contributed by atoms with Crippen LogP contribution in [0.4, 0.5) is 0 Å². The molecule has 0 radical (unpaired) electrons. The second kappa shape index (κ2) is 49.3. The fourth-order valence-electron chi connectivity index (χ4n) is 8.88. The number of amides is 1. The first-order valence-corrected chi connectivity index (χ1v) is 31.0. The molecule has 2 N–H and O–H groups in total. The van der Waals surface area contributed by atoms with Gasteiger partial charge in [-0.25, -0.2) is 4.57 Å². The summed E-state index contributed by atoms with van der Waals surface area (Å²) in [4.78, 5) is 37.6. The second-order valence-corrected chi connectivity index (χ2v) is 23.0. The summed E-state index contributed by atoms with van der Waals surface area (Å²) in [6, 6.07) is -0.838. The summed E-state index contributed by atoms with van der Waals surface area (Å²) in [7, 11) is 1.52. The summed E-state index contributed by atoms with van der Waals surface area (Å²) in [5, 5.41) is 3.06. The molecule has 0 aliphatic rings.